The smallest absolute Gasteiger partial charge is 0.0677 e. The van der Waals surface area contributed by atoms with Crippen LogP contribution in [0.2, 0.25) is 5.02 Å². The molecule has 0 unspecified atom stereocenters. The normalized spacial score (nSPS) is 19.1. The van der Waals surface area contributed by atoms with Crippen LogP contribution in [0.4, 0.5) is 5.69 Å². The van der Waals surface area contributed by atoms with Crippen LogP contribution in [-0.4, -0.2) is 26.2 Å². The van der Waals surface area contributed by atoms with E-state index < -0.39 is 0 Å². The van der Waals surface area contributed by atoms with Crippen molar-refractivity contribution < 1.29 is 0 Å². The third-order valence-corrected chi connectivity index (χ3v) is 4.62. The van der Waals surface area contributed by atoms with Crippen molar-refractivity contribution in [1.82, 2.24) is 5.32 Å². The minimum atomic E-state index is 1.03. The first-order chi connectivity index (χ1) is 8.81. The number of anilines is 1. The van der Waals surface area contributed by atoms with Gasteiger partial charge in [0.05, 0.1) is 10.7 Å². The molecule has 0 aromatic heterocycles. The molecule has 3 heteroatoms. The molecule has 0 fully saturated rings. The Bertz CT molecular complexity index is 456. The molecule has 2 heterocycles. The lowest BCUT2D eigenvalue weighted by molar-refractivity contribution is 0.705. The van der Waals surface area contributed by atoms with Gasteiger partial charge in [0.1, 0.15) is 0 Å². The molecule has 0 spiro atoms. The fourth-order valence-electron chi connectivity index (χ4n) is 3.27. The summed E-state index contributed by atoms with van der Waals surface area (Å²) in [6.07, 6.45) is 4.63. The molecule has 1 N–H and O–H groups in total. The standard InChI is InChI=1S/C15H21ClN2/c1-2-18-9-3-4-12-10-11-5-7-17-8-6-13(11)14(16)15(12)18/h10,17H,2-9H2,1H3. The fraction of sp³-hybridized carbons (Fsp3) is 0.600. The molecule has 0 aliphatic carbocycles. The monoisotopic (exact) mass is 264 g/mol. The van der Waals surface area contributed by atoms with Crippen molar-refractivity contribution in [3.05, 3.63) is 27.8 Å². The highest BCUT2D eigenvalue weighted by atomic mass is 35.5. The third kappa shape index (κ3) is 2.02. The first-order valence-corrected chi connectivity index (χ1v) is 7.48. The summed E-state index contributed by atoms with van der Waals surface area (Å²) in [6, 6.07) is 2.42. The number of fused-ring (bicyclic) bond motifs is 2. The van der Waals surface area contributed by atoms with E-state index in [1.54, 1.807) is 0 Å². The molecule has 2 aliphatic heterocycles. The zero-order valence-corrected chi connectivity index (χ0v) is 11.8. The lowest BCUT2D eigenvalue weighted by atomic mass is 9.93. The molecule has 0 radical (unpaired) electrons. The van der Waals surface area contributed by atoms with E-state index in [1.807, 2.05) is 0 Å². The van der Waals surface area contributed by atoms with E-state index in [0.29, 0.717) is 0 Å². The highest BCUT2D eigenvalue weighted by Gasteiger charge is 2.23. The van der Waals surface area contributed by atoms with Crippen LogP contribution in [-0.2, 0) is 19.3 Å². The Hall–Kier alpha value is -0.730. The topological polar surface area (TPSA) is 15.3 Å². The van der Waals surface area contributed by atoms with Crippen molar-refractivity contribution in [2.45, 2.75) is 32.6 Å². The second-order valence-electron chi connectivity index (χ2n) is 5.27. The van der Waals surface area contributed by atoms with Gasteiger partial charge in [-0.25, -0.2) is 0 Å². The van der Waals surface area contributed by atoms with Crippen molar-refractivity contribution in [2.24, 2.45) is 0 Å². The van der Waals surface area contributed by atoms with Crippen molar-refractivity contribution in [3.8, 4) is 0 Å². The zero-order valence-electron chi connectivity index (χ0n) is 11.1. The van der Waals surface area contributed by atoms with Gasteiger partial charge in [0.25, 0.3) is 0 Å². The second-order valence-corrected chi connectivity index (χ2v) is 5.65. The third-order valence-electron chi connectivity index (χ3n) is 4.21. The van der Waals surface area contributed by atoms with E-state index in [9.17, 15) is 0 Å². The number of hydrogen-bond acceptors (Lipinski definition) is 2. The van der Waals surface area contributed by atoms with E-state index >= 15 is 0 Å². The van der Waals surface area contributed by atoms with Crippen LogP contribution in [0.1, 0.15) is 30.0 Å². The number of halogens is 1. The molecule has 0 amide bonds. The van der Waals surface area contributed by atoms with Gasteiger partial charge < -0.3 is 10.2 Å². The number of rotatable bonds is 1. The van der Waals surface area contributed by atoms with Crippen LogP contribution in [0.15, 0.2) is 6.07 Å². The van der Waals surface area contributed by atoms with Crippen LogP contribution >= 0.6 is 11.6 Å². The van der Waals surface area contributed by atoms with E-state index in [0.717, 1.165) is 44.0 Å². The summed E-state index contributed by atoms with van der Waals surface area (Å²) in [7, 11) is 0. The van der Waals surface area contributed by atoms with Crippen molar-refractivity contribution in [3.63, 3.8) is 0 Å². The molecule has 0 saturated carbocycles. The summed E-state index contributed by atoms with van der Waals surface area (Å²) in [5, 5.41) is 4.50. The maximum atomic E-state index is 6.72. The predicted molar refractivity (Wildman–Crippen MR) is 77.9 cm³/mol. The summed E-state index contributed by atoms with van der Waals surface area (Å²) in [5.74, 6) is 0. The maximum Gasteiger partial charge on any atom is 0.0677 e. The molecular formula is C15H21ClN2. The number of aryl methyl sites for hydroxylation is 1. The summed E-state index contributed by atoms with van der Waals surface area (Å²) in [4.78, 5) is 2.44. The summed E-state index contributed by atoms with van der Waals surface area (Å²) >= 11 is 6.72. The SMILES string of the molecule is CCN1CCCc2cc3c(c(Cl)c21)CCNCC3. The van der Waals surface area contributed by atoms with Crippen LogP contribution in [0.5, 0.6) is 0 Å². The second kappa shape index (κ2) is 5.10. The minimum absolute atomic E-state index is 1.03. The number of benzene rings is 1. The average Bonchev–Trinajstić information content (AvgIpc) is 2.63. The summed E-state index contributed by atoms with van der Waals surface area (Å²) in [5.41, 5.74) is 5.65. The molecule has 2 aliphatic rings. The van der Waals surface area contributed by atoms with Crippen LogP contribution in [0, 0.1) is 0 Å². The Morgan fingerprint density at radius 2 is 2.06 bits per heavy atom. The van der Waals surface area contributed by atoms with Gasteiger partial charge in [-0.05, 0) is 62.4 Å². The van der Waals surface area contributed by atoms with Gasteiger partial charge in [0, 0.05) is 13.1 Å². The molecule has 0 atom stereocenters. The average molecular weight is 265 g/mol. The molecule has 2 nitrogen and oxygen atoms in total. The number of nitrogens with one attached hydrogen (secondary N) is 1. The van der Waals surface area contributed by atoms with Crippen molar-refractivity contribution in [1.29, 1.82) is 0 Å². The largest absolute Gasteiger partial charge is 0.370 e. The molecule has 3 rings (SSSR count). The van der Waals surface area contributed by atoms with Gasteiger partial charge >= 0.3 is 0 Å². The number of nitrogens with zero attached hydrogens (tertiary/aromatic N) is 1. The summed E-state index contributed by atoms with van der Waals surface area (Å²) in [6.45, 7) is 6.57. The molecule has 0 saturated heterocycles. The van der Waals surface area contributed by atoms with Gasteiger partial charge in [-0.1, -0.05) is 17.7 Å². The van der Waals surface area contributed by atoms with Crippen LogP contribution < -0.4 is 10.2 Å². The Labute approximate surface area is 114 Å². The number of hydrogen-bond donors (Lipinski definition) is 1. The first kappa shape index (κ1) is 12.3. The van der Waals surface area contributed by atoms with E-state index in [-0.39, 0.29) is 0 Å². The Morgan fingerprint density at radius 3 is 2.89 bits per heavy atom. The van der Waals surface area contributed by atoms with E-state index in [2.05, 4.69) is 23.2 Å². The van der Waals surface area contributed by atoms with Crippen molar-refractivity contribution in [2.75, 3.05) is 31.1 Å². The Morgan fingerprint density at radius 1 is 1.22 bits per heavy atom. The molecule has 1 aromatic carbocycles. The van der Waals surface area contributed by atoms with Gasteiger partial charge in [0.15, 0.2) is 0 Å². The maximum absolute atomic E-state index is 6.72. The fourth-order valence-corrected chi connectivity index (χ4v) is 3.72. The molecule has 0 bridgehead atoms. The predicted octanol–water partition coefficient (Wildman–Crippen LogP) is 2.80. The quantitative estimate of drug-likeness (QED) is 0.839. The first-order valence-electron chi connectivity index (χ1n) is 7.10. The zero-order chi connectivity index (χ0) is 12.5. The molecule has 98 valence electrons. The lowest BCUT2D eigenvalue weighted by Gasteiger charge is -2.32. The highest BCUT2D eigenvalue weighted by molar-refractivity contribution is 6.34. The Balaban J connectivity index is 2.12. The molecule has 1 aromatic rings. The molecule has 18 heavy (non-hydrogen) atoms. The minimum Gasteiger partial charge on any atom is -0.370 e. The van der Waals surface area contributed by atoms with Gasteiger partial charge in [0.2, 0.25) is 0 Å². The van der Waals surface area contributed by atoms with Gasteiger partial charge in [-0.2, -0.15) is 0 Å². The van der Waals surface area contributed by atoms with Gasteiger partial charge in [-0.15, -0.1) is 0 Å². The Kier molecular flexibility index (Phi) is 3.49. The van der Waals surface area contributed by atoms with Crippen molar-refractivity contribution >= 4 is 17.3 Å². The lowest BCUT2D eigenvalue weighted by Crippen LogP contribution is -2.29. The van der Waals surface area contributed by atoms with Crippen LogP contribution in [0.25, 0.3) is 0 Å². The van der Waals surface area contributed by atoms with Crippen LogP contribution in [0.3, 0.4) is 0 Å². The summed E-state index contributed by atoms with van der Waals surface area (Å²) < 4.78 is 0. The van der Waals surface area contributed by atoms with E-state index in [1.165, 1.54) is 35.2 Å². The molecular weight excluding hydrogens is 244 g/mol. The highest BCUT2D eigenvalue weighted by Crippen LogP contribution is 2.39. The van der Waals surface area contributed by atoms with Gasteiger partial charge in [-0.3, -0.25) is 0 Å². The van der Waals surface area contributed by atoms with E-state index in [4.69, 9.17) is 11.6 Å².